The van der Waals surface area contributed by atoms with Gasteiger partial charge in [0.25, 0.3) is 0 Å². The molecule has 1 saturated carbocycles. The molecule has 1 nitrogen and oxygen atoms in total. The molecule has 1 fully saturated rings. The SMILES string of the molecule is CCC(=Cc1ccc(CC)cc1)CNC1CC1. The fourth-order valence-corrected chi connectivity index (χ4v) is 1.93. The molecule has 1 aliphatic rings. The minimum absolute atomic E-state index is 0.799. The van der Waals surface area contributed by atoms with E-state index in [0.717, 1.165) is 25.4 Å². The molecule has 1 heteroatoms. The lowest BCUT2D eigenvalue weighted by Crippen LogP contribution is -2.18. The van der Waals surface area contributed by atoms with Gasteiger partial charge >= 0.3 is 0 Å². The average Bonchev–Trinajstić information content (AvgIpc) is 3.19. The molecule has 0 spiro atoms. The molecule has 17 heavy (non-hydrogen) atoms. The summed E-state index contributed by atoms with van der Waals surface area (Å²) in [6.07, 6.45) is 7.31. The van der Waals surface area contributed by atoms with Crippen molar-refractivity contribution in [3.05, 3.63) is 41.0 Å². The third kappa shape index (κ3) is 4.01. The summed E-state index contributed by atoms with van der Waals surface area (Å²) in [7, 11) is 0. The van der Waals surface area contributed by atoms with Gasteiger partial charge in [-0.15, -0.1) is 0 Å². The van der Waals surface area contributed by atoms with Crippen molar-refractivity contribution in [3.8, 4) is 0 Å². The summed E-state index contributed by atoms with van der Waals surface area (Å²) in [6.45, 7) is 5.49. The highest BCUT2D eigenvalue weighted by atomic mass is 14.9. The number of rotatable bonds is 6. The average molecular weight is 229 g/mol. The maximum Gasteiger partial charge on any atom is 0.0170 e. The van der Waals surface area contributed by atoms with Crippen LogP contribution < -0.4 is 5.32 Å². The molecule has 0 aliphatic heterocycles. The van der Waals surface area contributed by atoms with Crippen LogP contribution in [0.25, 0.3) is 6.08 Å². The third-order valence-electron chi connectivity index (χ3n) is 3.41. The first kappa shape index (κ1) is 12.4. The summed E-state index contributed by atoms with van der Waals surface area (Å²) >= 11 is 0. The Morgan fingerprint density at radius 1 is 1.24 bits per heavy atom. The summed E-state index contributed by atoms with van der Waals surface area (Å²) in [5.74, 6) is 0. The van der Waals surface area contributed by atoms with Gasteiger partial charge in [0.15, 0.2) is 0 Å². The monoisotopic (exact) mass is 229 g/mol. The topological polar surface area (TPSA) is 12.0 Å². The van der Waals surface area contributed by atoms with E-state index < -0.39 is 0 Å². The summed E-state index contributed by atoms with van der Waals surface area (Å²) in [5.41, 5.74) is 4.24. The Hall–Kier alpha value is -1.08. The molecule has 0 saturated heterocycles. The summed E-state index contributed by atoms with van der Waals surface area (Å²) < 4.78 is 0. The van der Waals surface area contributed by atoms with Crippen molar-refractivity contribution < 1.29 is 0 Å². The van der Waals surface area contributed by atoms with E-state index in [0.29, 0.717) is 0 Å². The van der Waals surface area contributed by atoms with Crippen LogP contribution in [0.2, 0.25) is 0 Å². The van der Waals surface area contributed by atoms with Crippen LogP contribution in [0.3, 0.4) is 0 Å². The fourth-order valence-electron chi connectivity index (χ4n) is 1.93. The van der Waals surface area contributed by atoms with Crippen LogP contribution in [0.15, 0.2) is 29.8 Å². The molecule has 0 aromatic heterocycles. The molecule has 0 heterocycles. The normalized spacial score (nSPS) is 16.2. The van der Waals surface area contributed by atoms with Gasteiger partial charge < -0.3 is 5.32 Å². The standard InChI is InChI=1S/C16H23N/c1-3-13-5-7-15(8-6-13)11-14(4-2)12-17-16-9-10-16/h5-8,11,16-17H,3-4,9-10,12H2,1-2H3. The van der Waals surface area contributed by atoms with E-state index in [2.05, 4.69) is 49.5 Å². The fraction of sp³-hybridized carbons (Fsp3) is 0.500. The number of aryl methyl sites for hydroxylation is 1. The van der Waals surface area contributed by atoms with Crippen LogP contribution in [-0.2, 0) is 6.42 Å². The molecule has 92 valence electrons. The zero-order valence-corrected chi connectivity index (χ0v) is 11.0. The second kappa shape index (κ2) is 6.02. The highest BCUT2D eigenvalue weighted by molar-refractivity contribution is 5.53. The van der Waals surface area contributed by atoms with Crippen LogP contribution in [0.5, 0.6) is 0 Å². The molecule has 1 aromatic carbocycles. The summed E-state index contributed by atoms with van der Waals surface area (Å²) in [4.78, 5) is 0. The van der Waals surface area contributed by atoms with Crippen molar-refractivity contribution in [2.24, 2.45) is 0 Å². The molecule has 2 rings (SSSR count). The molecule has 1 aromatic rings. The first-order chi connectivity index (χ1) is 8.31. The number of hydrogen-bond donors (Lipinski definition) is 1. The molecule has 0 bridgehead atoms. The minimum Gasteiger partial charge on any atom is -0.310 e. The van der Waals surface area contributed by atoms with Gasteiger partial charge in [-0.1, -0.05) is 49.8 Å². The lowest BCUT2D eigenvalue weighted by Gasteiger charge is -2.06. The summed E-state index contributed by atoms with van der Waals surface area (Å²) in [5, 5.41) is 3.58. The first-order valence-electron chi connectivity index (χ1n) is 6.83. The quantitative estimate of drug-likeness (QED) is 0.782. The summed E-state index contributed by atoms with van der Waals surface area (Å²) in [6, 6.07) is 9.71. The van der Waals surface area contributed by atoms with Crippen molar-refractivity contribution >= 4 is 6.08 Å². The van der Waals surface area contributed by atoms with Gasteiger partial charge in [0.05, 0.1) is 0 Å². The van der Waals surface area contributed by atoms with Crippen LogP contribution in [0.1, 0.15) is 44.2 Å². The first-order valence-corrected chi connectivity index (χ1v) is 6.83. The zero-order valence-electron chi connectivity index (χ0n) is 11.0. The molecule has 0 amide bonds. The van der Waals surface area contributed by atoms with Crippen molar-refractivity contribution in [1.29, 1.82) is 0 Å². The number of hydrogen-bond acceptors (Lipinski definition) is 1. The predicted molar refractivity (Wildman–Crippen MR) is 75.1 cm³/mol. The lowest BCUT2D eigenvalue weighted by atomic mass is 10.1. The van der Waals surface area contributed by atoms with Gasteiger partial charge in [-0.05, 0) is 36.8 Å². The lowest BCUT2D eigenvalue weighted by molar-refractivity contribution is 0.723. The van der Waals surface area contributed by atoms with Crippen molar-refractivity contribution in [1.82, 2.24) is 5.32 Å². The molecule has 1 aliphatic carbocycles. The maximum atomic E-state index is 3.58. The van der Waals surface area contributed by atoms with E-state index in [1.54, 1.807) is 0 Å². The number of benzene rings is 1. The van der Waals surface area contributed by atoms with Crippen molar-refractivity contribution in [2.75, 3.05) is 6.54 Å². The van der Waals surface area contributed by atoms with Crippen LogP contribution >= 0.6 is 0 Å². The molecule has 0 unspecified atom stereocenters. The highest BCUT2D eigenvalue weighted by Gasteiger charge is 2.19. The van der Waals surface area contributed by atoms with Crippen LogP contribution in [0, 0.1) is 0 Å². The van der Waals surface area contributed by atoms with Gasteiger partial charge in [0.2, 0.25) is 0 Å². The smallest absolute Gasteiger partial charge is 0.0170 e. The Morgan fingerprint density at radius 2 is 1.94 bits per heavy atom. The van der Waals surface area contributed by atoms with Gasteiger partial charge in [0.1, 0.15) is 0 Å². The predicted octanol–water partition coefficient (Wildman–Crippen LogP) is 3.79. The maximum absolute atomic E-state index is 3.58. The van der Waals surface area contributed by atoms with E-state index >= 15 is 0 Å². The minimum atomic E-state index is 0.799. The molecule has 0 atom stereocenters. The van der Waals surface area contributed by atoms with Crippen LogP contribution in [0.4, 0.5) is 0 Å². The van der Waals surface area contributed by atoms with Gasteiger partial charge in [-0.3, -0.25) is 0 Å². The van der Waals surface area contributed by atoms with E-state index in [1.165, 1.54) is 29.5 Å². The second-order valence-electron chi connectivity index (χ2n) is 4.91. The Morgan fingerprint density at radius 3 is 2.47 bits per heavy atom. The van der Waals surface area contributed by atoms with E-state index in [-0.39, 0.29) is 0 Å². The Kier molecular flexibility index (Phi) is 4.38. The van der Waals surface area contributed by atoms with Crippen molar-refractivity contribution in [3.63, 3.8) is 0 Å². The molecule has 1 N–H and O–H groups in total. The van der Waals surface area contributed by atoms with Gasteiger partial charge in [0, 0.05) is 12.6 Å². The number of nitrogens with one attached hydrogen (secondary N) is 1. The molecular formula is C16H23N. The molecular weight excluding hydrogens is 206 g/mol. The van der Waals surface area contributed by atoms with Gasteiger partial charge in [-0.2, -0.15) is 0 Å². The van der Waals surface area contributed by atoms with Crippen molar-refractivity contribution in [2.45, 2.75) is 45.6 Å². The van der Waals surface area contributed by atoms with Gasteiger partial charge in [-0.25, -0.2) is 0 Å². The third-order valence-corrected chi connectivity index (χ3v) is 3.41. The molecule has 0 radical (unpaired) electrons. The van der Waals surface area contributed by atoms with E-state index in [9.17, 15) is 0 Å². The second-order valence-corrected chi connectivity index (χ2v) is 4.91. The zero-order chi connectivity index (χ0) is 12.1. The van der Waals surface area contributed by atoms with Crippen LogP contribution in [-0.4, -0.2) is 12.6 Å². The Balaban J connectivity index is 1.97. The highest BCUT2D eigenvalue weighted by Crippen LogP contribution is 2.19. The van der Waals surface area contributed by atoms with E-state index in [4.69, 9.17) is 0 Å². The Bertz CT molecular complexity index is 371. The largest absolute Gasteiger partial charge is 0.310 e. The Labute approximate surface area is 105 Å². The van der Waals surface area contributed by atoms with E-state index in [1.807, 2.05) is 0 Å².